The smallest absolute Gasteiger partial charge is 0.416 e. The second-order valence-electron chi connectivity index (χ2n) is 11.3. The average Bonchev–Trinajstić information content (AvgIpc) is 3.21. The van der Waals surface area contributed by atoms with Crippen LogP contribution in [0.4, 0.5) is 35.5 Å². The van der Waals surface area contributed by atoms with Crippen molar-refractivity contribution in [3.8, 4) is 0 Å². The Morgan fingerprint density at radius 3 is 2.12 bits per heavy atom. The zero-order valence-electron chi connectivity index (χ0n) is 23.5. The molecule has 2 heterocycles. The second-order valence-corrected chi connectivity index (χ2v) is 11.3. The fourth-order valence-electron chi connectivity index (χ4n) is 6.33. The molecular formula is C29H32F7N3O3. The number of aliphatic carboxylic acids is 1. The van der Waals surface area contributed by atoms with Crippen molar-refractivity contribution in [1.82, 2.24) is 14.7 Å². The third-order valence-electron chi connectivity index (χ3n) is 8.96. The monoisotopic (exact) mass is 603 g/mol. The number of carbonyl (C=O) groups excluding carboxylic acids is 1. The number of rotatable bonds is 4. The number of urea groups is 1. The van der Waals surface area contributed by atoms with Gasteiger partial charge in [0.05, 0.1) is 23.2 Å². The highest BCUT2D eigenvalue weighted by Crippen LogP contribution is 2.48. The Bertz CT molecular complexity index is 1330. The molecule has 0 aliphatic carbocycles. The zero-order valence-corrected chi connectivity index (χ0v) is 23.5. The molecule has 0 aromatic heterocycles. The maximum absolute atomic E-state index is 14.0. The number of likely N-dealkylation sites (tertiary alicyclic amines) is 2. The summed E-state index contributed by atoms with van der Waals surface area (Å²) in [5.74, 6) is -1.45. The molecule has 13 heteroatoms. The molecule has 2 aromatic carbocycles. The van der Waals surface area contributed by atoms with E-state index >= 15 is 0 Å². The second kappa shape index (κ2) is 11.1. The van der Waals surface area contributed by atoms with E-state index in [1.54, 1.807) is 24.9 Å². The summed E-state index contributed by atoms with van der Waals surface area (Å²) in [6.07, 6.45) is -8.40. The minimum Gasteiger partial charge on any atom is -0.480 e. The number of amides is 2. The molecule has 6 nitrogen and oxygen atoms in total. The van der Waals surface area contributed by atoms with Crippen LogP contribution in [0, 0.1) is 12.7 Å². The van der Waals surface area contributed by atoms with Gasteiger partial charge in [-0.25, -0.2) is 9.18 Å². The molecule has 2 saturated heterocycles. The number of aryl methyl sites for hydroxylation is 1. The third-order valence-corrected chi connectivity index (χ3v) is 8.96. The Labute approximate surface area is 238 Å². The van der Waals surface area contributed by atoms with E-state index < -0.39 is 65.0 Å². The molecule has 2 aliphatic heterocycles. The maximum atomic E-state index is 14.0. The highest BCUT2D eigenvalue weighted by atomic mass is 19.4. The van der Waals surface area contributed by atoms with Crippen molar-refractivity contribution in [1.29, 1.82) is 0 Å². The highest BCUT2D eigenvalue weighted by Gasteiger charge is 2.52. The summed E-state index contributed by atoms with van der Waals surface area (Å²) < 4.78 is 94.9. The molecule has 2 fully saturated rings. The van der Waals surface area contributed by atoms with Crippen molar-refractivity contribution in [2.24, 2.45) is 0 Å². The lowest BCUT2D eigenvalue weighted by atomic mass is 9.78. The van der Waals surface area contributed by atoms with Gasteiger partial charge in [0.15, 0.2) is 0 Å². The quantitative estimate of drug-likeness (QED) is 0.381. The Morgan fingerprint density at radius 2 is 1.62 bits per heavy atom. The minimum absolute atomic E-state index is 0.0396. The van der Waals surface area contributed by atoms with Crippen LogP contribution in [0.1, 0.15) is 72.5 Å². The van der Waals surface area contributed by atoms with E-state index in [2.05, 4.69) is 0 Å². The van der Waals surface area contributed by atoms with Gasteiger partial charge in [-0.15, -0.1) is 0 Å². The molecule has 0 radical (unpaired) electrons. The number of likely N-dealkylation sites (N-methyl/N-ethyl adjacent to an activating group) is 1. The van der Waals surface area contributed by atoms with E-state index in [9.17, 15) is 45.4 Å². The fraction of sp³-hybridized carbons (Fsp3) is 0.517. The van der Waals surface area contributed by atoms with Gasteiger partial charge in [-0.3, -0.25) is 9.69 Å². The van der Waals surface area contributed by atoms with Crippen molar-refractivity contribution >= 4 is 12.0 Å². The van der Waals surface area contributed by atoms with Gasteiger partial charge in [0.2, 0.25) is 0 Å². The molecule has 4 atom stereocenters. The summed E-state index contributed by atoms with van der Waals surface area (Å²) in [7, 11) is 3.03. The van der Waals surface area contributed by atoms with E-state index in [4.69, 9.17) is 0 Å². The number of nitrogens with zero attached hydrogens (tertiary/aromatic N) is 3. The first-order valence-corrected chi connectivity index (χ1v) is 13.4. The van der Waals surface area contributed by atoms with E-state index in [1.165, 1.54) is 31.0 Å². The molecule has 0 saturated carbocycles. The molecule has 1 N–H and O–H groups in total. The largest absolute Gasteiger partial charge is 0.480 e. The number of hydrogen-bond acceptors (Lipinski definition) is 3. The standard InChI is InChI=1S/C29H32F7N3O3/c1-16-11-21(30)5-6-22(16)24-15-27(8-7-23(25(40)41)38(27)4)9-10-39(24)26(42)37(3)17(2)18-12-19(28(31,32)33)14-20(13-18)29(34,35)36/h5-6,11-14,17,23-24H,7-10,15H2,1-4H3,(H,40,41)/t17-,23+,24-,27+/m1/s1. The Morgan fingerprint density at radius 1 is 1.02 bits per heavy atom. The van der Waals surface area contributed by atoms with Gasteiger partial charge in [-0.05, 0) is 93.6 Å². The first kappa shape index (κ1) is 31.6. The normalized spacial score (nSPS) is 24.2. The van der Waals surface area contributed by atoms with Crippen LogP contribution in [0.2, 0.25) is 0 Å². The van der Waals surface area contributed by atoms with Crippen molar-refractivity contribution in [3.63, 3.8) is 0 Å². The van der Waals surface area contributed by atoms with E-state index in [0.717, 1.165) is 4.90 Å². The molecule has 0 bridgehead atoms. The number of carboxylic acid groups (broad SMARTS) is 1. The van der Waals surface area contributed by atoms with Crippen LogP contribution in [0.15, 0.2) is 36.4 Å². The number of halogens is 7. The average molecular weight is 604 g/mol. The highest BCUT2D eigenvalue weighted by molar-refractivity contribution is 5.76. The SMILES string of the molecule is Cc1cc(F)ccc1[C@H]1C[C@]2(CC[C@@H](C(=O)O)N2C)CCN1C(=O)N(C)[C@H](C)c1cc(C(F)(F)F)cc(C(F)(F)F)c1. The first-order chi connectivity index (χ1) is 19.4. The molecule has 0 unspecified atom stereocenters. The van der Waals surface area contributed by atoms with Crippen LogP contribution in [-0.2, 0) is 17.1 Å². The fourth-order valence-corrected chi connectivity index (χ4v) is 6.33. The number of carbonyl (C=O) groups is 2. The molecule has 2 amide bonds. The van der Waals surface area contributed by atoms with Gasteiger partial charge in [0, 0.05) is 19.1 Å². The van der Waals surface area contributed by atoms with Crippen LogP contribution >= 0.6 is 0 Å². The predicted molar refractivity (Wildman–Crippen MR) is 139 cm³/mol. The molecule has 2 aromatic rings. The number of carboxylic acids is 1. The summed E-state index contributed by atoms with van der Waals surface area (Å²) in [6, 6.07) is 2.19. The number of benzene rings is 2. The van der Waals surface area contributed by atoms with Crippen LogP contribution in [-0.4, -0.2) is 64.0 Å². The summed E-state index contributed by atoms with van der Waals surface area (Å²) in [6.45, 7) is 3.16. The van der Waals surface area contributed by atoms with E-state index in [-0.39, 0.29) is 18.2 Å². The van der Waals surface area contributed by atoms with Crippen LogP contribution in [0.5, 0.6) is 0 Å². The minimum atomic E-state index is -5.04. The lowest BCUT2D eigenvalue weighted by Gasteiger charge is -2.50. The predicted octanol–water partition coefficient (Wildman–Crippen LogP) is 7.04. The maximum Gasteiger partial charge on any atom is 0.416 e. The van der Waals surface area contributed by atoms with Crippen molar-refractivity contribution in [2.75, 3.05) is 20.6 Å². The lowest BCUT2D eigenvalue weighted by molar-refractivity contribution is -0.144. The topological polar surface area (TPSA) is 64.1 Å². The molecular weight excluding hydrogens is 571 g/mol. The number of hydrogen-bond donors (Lipinski definition) is 1. The Balaban J connectivity index is 1.70. The summed E-state index contributed by atoms with van der Waals surface area (Å²) in [4.78, 5) is 30.1. The first-order valence-electron chi connectivity index (χ1n) is 13.4. The van der Waals surface area contributed by atoms with E-state index in [1.807, 2.05) is 0 Å². The van der Waals surface area contributed by atoms with Crippen molar-refractivity contribution in [3.05, 3.63) is 70.0 Å². The Kier molecular flexibility index (Phi) is 8.31. The van der Waals surface area contributed by atoms with Crippen molar-refractivity contribution < 1.29 is 45.4 Å². The van der Waals surface area contributed by atoms with Gasteiger partial charge < -0.3 is 14.9 Å². The molecule has 230 valence electrons. The summed E-state index contributed by atoms with van der Waals surface area (Å²) in [5.41, 5.74) is -2.69. The third kappa shape index (κ3) is 5.93. The van der Waals surface area contributed by atoms with Crippen LogP contribution in [0.25, 0.3) is 0 Å². The number of piperidine rings is 1. The van der Waals surface area contributed by atoms with Gasteiger partial charge in [-0.2, -0.15) is 26.3 Å². The number of alkyl halides is 6. The zero-order chi connectivity index (χ0) is 31.4. The lowest BCUT2D eigenvalue weighted by Crippen LogP contribution is -2.57. The van der Waals surface area contributed by atoms with Gasteiger partial charge in [-0.1, -0.05) is 6.07 Å². The van der Waals surface area contributed by atoms with Gasteiger partial charge in [0.25, 0.3) is 0 Å². The summed E-state index contributed by atoms with van der Waals surface area (Å²) >= 11 is 0. The van der Waals surface area contributed by atoms with Crippen LogP contribution < -0.4 is 0 Å². The van der Waals surface area contributed by atoms with E-state index in [0.29, 0.717) is 48.9 Å². The summed E-state index contributed by atoms with van der Waals surface area (Å²) in [5, 5.41) is 9.68. The molecule has 42 heavy (non-hydrogen) atoms. The van der Waals surface area contributed by atoms with Crippen molar-refractivity contribution in [2.45, 2.75) is 75.5 Å². The van der Waals surface area contributed by atoms with Crippen LogP contribution in [0.3, 0.4) is 0 Å². The molecule has 1 spiro atoms. The van der Waals surface area contributed by atoms with Gasteiger partial charge >= 0.3 is 24.4 Å². The molecule has 4 rings (SSSR count). The van der Waals surface area contributed by atoms with Gasteiger partial charge in [0.1, 0.15) is 11.9 Å². The molecule has 2 aliphatic rings. The Hall–Kier alpha value is -3.35.